The zero-order valence-electron chi connectivity index (χ0n) is 10.5. The summed E-state index contributed by atoms with van der Waals surface area (Å²) in [6.45, 7) is 5.36. The third-order valence-corrected chi connectivity index (χ3v) is 2.74. The van der Waals surface area contributed by atoms with Crippen LogP contribution in [-0.4, -0.2) is 20.8 Å². The van der Waals surface area contributed by atoms with E-state index >= 15 is 0 Å². The van der Waals surface area contributed by atoms with Crippen molar-refractivity contribution in [3.8, 4) is 11.5 Å². The Morgan fingerprint density at radius 3 is 2.56 bits per heavy atom. The summed E-state index contributed by atoms with van der Waals surface area (Å²) >= 11 is 0. The van der Waals surface area contributed by atoms with Crippen LogP contribution in [0.1, 0.15) is 20.3 Å². The van der Waals surface area contributed by atoms with E-state index in [2.05, 4.69) is 19.2 Å². The topological polar surface area (TPSA) is 30.5 Å². The molecule has 1 aromatic rings. The van der Waals surface area contributed by atoms with Crippen LogP contribution in [0.2, 0.25) is 0 Å². The van der Waals surface area contributed by atoms with Crippen molar-refractivity contribution in [1.82, 2.24) is 0 Å². The van der Waals surface area contributed by atoms with Crippen molar-refractivity contribution in [3.05, 3.63) is 18.2 Å². The third-order valence-electron chi connectivity index (χ3n) is 2.74. The Bertz CT molecular complexity index is 326. The molecule has 0 radical (unpaired) electrons. The summed E-state index contributed by atoms with van der Waals surface area (Å²) in [7, 11) is 3.34. The zero-order chi connectivity index (χ0) is 12.0. The summed E-state index contributed by atoms with van der Waals surface area (Å²) in [4.78, 5) is 0. The van der Waals surface area contributed by atoms with Crippen molar-refractivity contribution in [2.24, 2.45) is 5.92 Å². The lowest BCUT2D eigenvalue weighted by Gasteiger charge is -2.15. The van der Waals surface area contributed by atoms with Crippen LogP contribution in [0.4, 0.5) is 5.69 Å². The minimum absolute atomic E-state index is 0.649. The maximum Gasteiger partial charge on any atom is 0.142 e. The van der Waals surface area contributed by atoms with Gasteiger partial charge in [-0.1, -0.05) is 20.3 Å². The third kappa shape index (κ3) is 3.33. The lowest BCUT2D eigenvalue weighted by Crippen LogP contribution is -2.11. The highest BCUT2D eigenvalue weighted by atomic mass is 16.5. The van der Waals surface area contributed by atoms with E-state index in [0.717, 1.165) is 23.7 Å². The molecule has 0 aromatic heterocycles. The minimum Gasteiger partial charge on any atom is -0.497 e. The summed E-state index contributed by atoms with van der Waals surface area (Å²) in [5.41, 5.74) is 0.988. The van der Waals surface area contributed by atoms with Gasteiger partial charge in [-0.15, -0.1) is 0 Å². The summed E-state index contributed by atoms with van der Waals surface area (Å²) in [5.74, 6) is 2.34. The van der Waals surface area contributed by atoms with Crippen LogP contribution in [0, 0.1) is 5.92 Å². The highest BCUT2D eigenvalue weighted by molar-refractivity contribution is 5.59. The van der Waals surface area contributed by atoms with Gasteiger partial charge in [0, 0.05) is 12.6 Å². The average molecular weight is 223 g/mol. The summed E-state index contributed by atoms with van der Waals surface area (Å²) in [6.07, 6.45) is 1.17. The molecule has 0 bridgehead atoms. The number of benzene rings is 1. The lowest BCUT2D eigenvalue weighted by molar-refractivity contribution is 0.404. The molecule has 1 rings (SSSR count). The first-order valence-electron chi connectivity index (χ1n) is 5.67. The SMILES string of the molecule is CCC(C)CNc1cc(OC)ccc1OC. The van der Waals surface area contributed by atoms with Crippen LogP contribution in [0.3, 0.4) is 0 Å². The molecule has 0 aliphatic rings. The molecular formula is C13H21NO2. The number of ether oxygens (including phenoxy) is 2. The predicted octanol–water partition coefficient (Wildman–Crippen LogP) is 3.16. The van der Waals surface area contributed by atoms with Crippen molar-refractivity contribution in [1.29, 1.82) is 0 Å². The van der Waals surface area contributed by atoms with Gasteiger partial charge in [-0.3, -0.25) is 0 Å². The number of nitrogens with one attached hydrogen (secondary N) is 1. The van der Waals surface area contributed by atoms with E-state index < -0.39 is 0 Å². The van der Waals surface area contributed by atoms with Crippen LogP contribution in [0.15, 0.2) is 18.2 Å². The molecule has 16 heavy (non-hydrogen) atoms. The Labute approximate surface area is 97.8 Å². The second-order valence-electron chi connectivity index (χ2n) is 3.96. The highest BCUT2D eigenvalue weighted by Gasteiger charge is 2.05. The highest BCUT2D eigenvalue weighted by Crippen LogP contribution is 2.29. The van der Waals surface area contributed by atoms with Gasteiger partial charge >= 0.3 is 0 Å². The first-order valence-corrected chi connectivity index (χ1v) is 5.67. The molecule has 0 spiro atoms. The van der Waals surface area contributed by atoms with Crippen molar-refractivity contribution in [2.45, 2.75) is 20.3 Å². The van der Waals surface area contributed by atoms with E-state index in [1.807, 2.05) is 18.2 Å². The van der Waals surface area contributed by atoms with Crippen LogP contribution < -0.4 is 14.8 Å². The van der Waals surface area contributed by atoms with E-state index in [-0.39, 0.29) is 0 Å². The van der Waals surface area contributed by atoms with E-state index in [1.165, 1.54) is 6.42 Å². The monoisotopic (exact) mass is 223 g/mol. The minimum atomic E-state index is 0.649. The van der Waals surface area contributed by atoms with Crippen LogP contribution in [0.25, 0.3) is 0 Å². The molecule has 90 valence electrons. The predicted molar refractivity (Wildman–Crippen MR) is 67.5 cm³/mol. The molecule has 0 amide bonds. The van der Waals surface area contributed by atoms with Gasteiger partial charge in [-0.05, 0) is 18.1 Å². The van der Waals surface area contributed by atoms with Gasteiger partial charge in [0.05, 0.1) is 19.9 Å². The first-order chi connectivity index (χ1) is 7.71. The standard InChI is InChI=1S/C13H21NO2/c1-5-10(2)9-14-12-8-11(15-3)6-7-13(12)16-4/h6-8,10,14H,5,9H2,1-4H3. The molecule has 0 heterocycles. The molecule has 1 atom stereocenters. The van der Waals surface area contributed by atoms with Gasteiger partial charge in [-0.25, -0.2) is 0 Å². The Kier molecular flexibility index (Phi) is 4.96. The van der Waals surface area contributed by atoms with Crippen LogP contribution in [0.5, 0.6) is 11.5 Å². The van der Waals surface area contributed by atoms with Crippen LogP contribution in [-0.2, 0) is 0 Å². The Morgan fingerprint density at radius 1 is 1.25 bits per heavy atom. The molecule has 0 aliphatic carbocycles. The fourth-order valence-corrected chi connectivity index (χ4v) is 1.38. The fourth-order valence-electron chi connectivity index (χ4n) is 1.38. The van der Waals surface area contributed by atoms with Gasteiger partial charge in [0.2, 0.25) is 0 Å². The molecule has 0 saturated carbocycles. The number of hydrogen-bond donors (Lipinski definition) is 1. The molecule has 1 aromatic carbocycles. The van der Waals surface area contributed by atoms with Gasteiger partial charge in [0.15, 0.2) is 0 Å². The van der Waals surface area contributed by atoms with Crippen molar-refractivity contribution >= 4 is 5.69 Å². The van der Waals surface area contributed by atoms with Gasteiger partial charge < -0.3 is 14.8 Å². The second-order valence-corrected chi connectivity index (χ2v) is 3.96. The smallest absolute Gasteiger partial charge is 0.142 e. The van der Waals surface area contributed by atoms with E-state index in [9.17, 15) is 0 Å². The second kappa shape index (κ2) is 6.26. The van der Waals surface area contributed by atoms with E-state index in [1.54, 1.807) is 14.2 Å². The lowest BCUT2D eigenvalue weighted by atomic mass is 10.1. The maximum atomic E-state index is 5.29. The van der Waals surface area contributed by atoms with Crippen molar-refractivity contribution < 1.29 is 9.47 Å². The molecule has 0 aliphatic heterocycles. The number of methoxy groups -OCH3 is 2. The van der Waals surface area contributed by atoms with Crippen LogP contribution >= 0.6 is 0 Å². The largest absolute Gasteiger partial charge is 0.497 e. The van der Waals surface area contributed by atoms with Gasteiger partial charge in [0.25, 0.3) is 0 Å². The first kappa shape index (κ1) is 12.7. The Balaban J connectivity index is 2.75. The molecule has 0 fully saturated rings. The van der Waals surface area contributed by atoms with Gasteiger partial charge in [-0.2, -0.15) is 0 Å². The quantitative estimate of drug-likeness (QED) is 0.803. The zero-order valence-corrected chi connectivity index (χ0v) is 10.5. The maximum absolute atomic E-state index is 5.29. The molecule has 1 N–H and O–H groups in total. The number of rotatable bonds is 6. The van der Waals surface area contributed by atoms with E-state index in [0.29, 0.717) is 5.92 Å². The summed E-state index contributed by atoms with van der Waals surface area (Å²) in [6, 6.07) is 5.77. The van der Waals surface area contributed by atoms with Gasteiger partial charge in [0.1, 0.15) is 11.5 Å². The molecule has 0 saturated heterocycles. The van der Waals surface area contributed by atoms with E-state index in [4.69, 9.17) is 9.47 Å². The van der Waals surface area contributed by atoms with Crippen molar-refractivity contribution in [2.75, 3.05) is 26.1 Å². The molecule has 1 unspecified atom stereocenters. The van der Waals surface area contributed by atoms with Crippen molar-refractivity contribution in [3.63, 3.8) is 0 Å². The Hall–Kier alpha value is -1.38. The molecule has 3 heteroatoms. The number of anilines is 1. The Morgan fingerprint density at radius 2 is 2.00 bits per heavy atom. The number of hydrogen-bond acceptors (Lipinski definition) is 3. The molecule has 3 nitrogen and oxygen atoms in total. The fraction of sp³-hybridized carbons (Fsp3) is 0.538. The summed E-state index contributed by atoms with van der Waals surface area (Å²) < 4.78 is 10.5. The summed E-state index contributed by atoms with van der Waals surface area (Å²) in [5, 5.41) is 3.38. The molecular weight excluding hydrogens is 202 g/mol. The normalized spacial score (nSPS) is 12.0. The average Bonchev–Trinajstić information content (AvgIpc) is 2.35.